The molecule has 0 aliphatic heterocycles. The maximum Gasteiger partial charge on any atom is 0.244 e. The van der Waals surface area contributed by atoms with Crippen molar-refractivity contribution in [1.29, 1.82) is 0 Å². The number of sulfonamides is 1. The number of benzene rings is 2. The van der Waals surface area contributed by atoms with Gasteiger partial charge in [-0.05, 0) is 84.3 Å². The van der Waals surface area contributed by atoms with Crippen LogP contribution in [0.3, 0.4) is 0 Å². The van der Waals surface area contributed by atoms with Gasteiger partial charge in [0.25, 0.3) is 0 Å². The Morgan fingerprint density at radius 3 is 2.24 bits per heavy atom. The highest BCUT2D eigenvalue weighted by molar-refractivity contribution is 14.1. The zero-order chi connectivity index (χ0) is 24.9. The number of amides is 2. The van der Waals surface area contributed by atoms with Crippen molar-refractivity contribution in [1.82, 2.24) is 10.2 Å². The minimum Gasteiger partial charge on any atom is -0.352 e. The second kappa shape index (κ2) is 11.7. The molecule has 0 bridgehead atoms. The van der Waals surface area contributed by atoms with Crippen molar-refractivity contribution >= 4 is 61.7 Å². The van der Waals surface area contributed by atoms with Crippen molar-refractivity contribution in [3.63, 3.8) is 0 Å². The van der Waals surface area contributed by atoms with E-state index in [1.165, 1.54) is 4.90 Å². The third kappa shape index (κ3) is 7.32. The molecule has 0 aromatic heterocycles. The first-order valence-electron chi connectivity index (χ1n) is 11.1. The van der Waals surface area contributed by atoms with Gasteiger partial charge in [-0.1, -0.05) is 36.6 Å². The molecule has 1 fully saturated rings. The summed E-state index contributed by atoms with van der Waals surface area (Å²) >= 11 is 8.13. The van der Waals surface area contributed by atoms with E-state index in [0.29, 0.717) is 10.7 Å². The molecule has 1 aliphatic rings. The lowest BCUT2D eigenvalue weighted by Crippen LogP contribution is -2.52. The maximum atomic E-state index is 13.5. The number of anilines is 1. The number of nitrogens with zero attached hydrogens (tertiary/aromatic N) is 2. The smallest absolute Gasteiger partial charge is 0.244 e. The lowest BCUT2D eigenvalue weighted by atomic mass is 10.1. The summed E-state index contributed by atoms with van der Waals surface area (Å²) in [6.07, 6.45) is 5.08. The molecule has 0 unspecified atom stereocenters. The van der Waals surface area contributed by atoms with Crippen LogP contribution in [0.25, 0.3) is 0 Å². The molecular weight excluding hydrogens is 589 g/mol. The van der Waals surface area contributed by atoms with Crippen LogP contribution in [0.4, 0.5) is 5.69 Å². The van der Waals surface area contributed by atoms with Crippen molar-refractivity contribution in [3.05, 3.63) is 62.7 Å². The predicted molar refractivity (Wildman–Crippen MR) is 143 cm³/mol. The highest BCUT2D eigenvalue weighted by Gasteiger charge is 2.31. The number of hydrogen-bond donors (Lipinski definition) is 1. The third-order valence-corrected chi connectivity index (χ3v) is 8.04. The molecule has 2 aromatic rings. The third-order valence-electron chi connectivity index (χ3n) is 5.93. The van der Waals surface area contributed by atoms with Gasteiger partial charge >= 0.3 is 0 Å². The summed E-state index contributed by atoms with van der Waals surface area (Å²) < 4.78 is 27.1. The maximum absolute atomic E-state index is 13.5. The van der Waals surface area contributed by atoms with Gasteiger partial charge in [-0.15, -0.1) is 0 Å². The zero-order valence-corrected chi connectivity index (χ0v) is 22.9. The van der Waals surface area contributed by atoms with Crippen molar-refractivity contribution in [2.45, 2.75) is 51.2 Å². The molecule has 3 rings (SSSR count). The van der Waals surface area contributed by atoms with Gasteiger partial charge in [0, 0.05) is 21.2 Å². The van der Waals surface area contributed by atoms with Crippen LogP contribution in [0.2, 0.25) is 5.02 Å². The van der Waals surface area contributed by atoms with Gasteiger partial charge in [0.15, 0.2) is 0 Å². The Bertz CT molecular complexity index is 1100. The van der Waals surface area contributed by atoms with Crippen LogP contribution in [-0.2, 0) is 26.2 Å². The van der Waals surface area contributed by atoms with Crippen molar-refractivity contribution < 1.29 is 18.0 Å². The Balaban J connectivity index is 1.86. The SMILES string of the molecule is C[C@H](C(=O)NC1CCCC1)N(Cc1ccc(Cl)cc1)C(=O)CN(c1ccc(I)cc1)S(C)(=O)=O. The van der Waals surface area contributed by atoms with Crippen LogP contribution in [0.1, 0.15) is 38.2 Å². The van der Waals surface area contributed by atoms with E-state index in [4.69, 9.17) is 11.6 Å². The molecule has 2 amide bonds. The summed E-state index contributed by atoms with van der Waals surface area (Å²) in [5.74, 6) is -0.706. The number of nitrogens with one attached hydrogen (secondary N) is 1. The van der Waals surface area contributed by atoms with Gasteiger partial charge in [-0.3, -0.25) is 13.9 Å². The monoisotopic (exact) mass is 617 g/mol. The van der Waals surface area contributed by atoms with Gasteiger partial charge in [-0.2, -0.15) is 0 Å². The summed E-state index contributed by atoms with van der Waals surface area (Å²) in [4.78, 5) is 28.0. The quantitative estimate of drug-likeness (QED) is 0.428. The van der Waals surface area contributed by atoms with Crippen molar-refractivity contribution in [2.24, 2.45) is 0 Å². The van der Waals surface area contributed by atoms with E-state index in [0.717, 1.165) is 45.4 Å². The van der Waals surface area contributed by atoms with E-state index in [1.54, 1.807) is 55.5 Å². The Morgan fingerprint density at radius 2 is 1.68 bits per heavy atom. The number of rotatable bonds is 9. The molecular formula is C24H29ClIN3O4S. The van der Waals surface area contributed by atoms with E-state index in [-0.39, 0.29) is 18.5 Å². The first kappa shape index (κ1) is 26.7. The highest BCUT2D eigenvalue weighted by Crippen LogP contribution is 2.22. The van der Waals surface area contributed by atoms with Gasteiger partial charge in [0.1, 0.15) is 12.6 Å². The summed E-state index contributed by atoms with van der Waals surface area (Å²) in [5.41, 5.74) is 1.18. The fraction of sp³-hybridized carbons (Fsp3) is 0.417. The van der Waals surface area contributed by atoms with Crippen molar-refractivity contribution in [2.75, 3.05) is 17.1 Å². The fourth-order valence-electron chi connectivity index (χ4n) is 3.98. The molecule has 0 spiro atoms. The number of halogens is 2. The van der Waals surface area contributed by atoms with Crippen LogP contribution in [0.15, 0.2) is 48.5 Å². The molecule has 1 aliphatic carbocycles. The van der Waals surface area contributed by atoms with Gasteiger partial charge in [0.2, 0.25) is 21.8 Å². The average molecular weight is 618 g/mol. The molecule has 34 heavy (non-hydrogen) atoms. The zero-order valence-electron chi connectivity index (χ0n) is 19.2. The van der Waals surface area contributed by atoms with Gasteiger partial charge in [0.05, 0.1) is 11.9 Å². The molecule has 1 atom stereocenters. The first-order valence-corrected chi connectivity index (χ1v) is 14.4. The van der Waals surface area contributed by atoms with E-state index in [9.17, 15) is 18.0 Å². The number of carbonyl (C=O) groups excluding carboxylic acids is 2. The normalized spacial score (nSPS) is 15.1. The molecule has 0 saturated heterocycles. The Morgan fingerprint density at radius 1 is 1.09 bits per heavy atom. The molecule has 1 N–H and O–H groups in total. The second-order valence-corrected chi connectivity index (χ2v) is 12.1. The fourth-order valence-corrected chi connectivity index (χ4v) is 5.32. The summed E-state index contributed by atoms with van der Waals surface area (Å²) in [7, 11) is -3.74. The minimum atomic E-state index is -3.74. The van der Waals surface area contributed by atoms with Gasteiger partial charge in [-0.25, -0.2) is 8.42 Å². The standard InChI is InChI=1S/C24H29ClIN3O4S/c1-17(24(31)27-21-5-3-4-6-21)28(15-18-7-9-19(25)10-8-18)23(30)16-29(34(2,32)33)22-13-11-20(26)12-14-22/h7-14,17,21H,3-6,15-16H2,1-2H3,(H,27,31)/t17-/m1/s1. The minimum absolute atomic E-state index is 0.113. The van der Waals surface area contributed by atoms with Crippen LogP contribution in [0.5, 0.6) is 0 Å². The molecule has 0 heterocycles. The summed E-state index contributed by atoms with van der Waals surface area (Å²) in [6, 6.07) is 13.2. The lowest BCUT2D eigenvalue weighted by molar-refractivity contribution is -0.139. The second-order valence-electron chi connectivity index (χ2n) is 8.56. The Kier molecular flexibility index (Phi) is 9.22. The molecule has 1 saturated carbocycles. The average Bonchev–Trinajstić information content (AvgIpc) is 3.29. The van der Waals surface area contributed by atoms with E-state index in [1.807, 2.05) is 0 Å². The molecule has 0 radical (unpaired) electrons. The Hall–Kier alpha value is -1.85. The van der Waals surface area contributed by atoms with E-state index >= 15 is 0 Å². The highest BCUT2D eigenvalue weighted by atomic mass is 127. The van der Waals surface area contributed by atoms with Crippen LogP contribution >= 0.6 is 34.2 Å². The summed E-state index contributed by atoms with van der Waals surface area (Å²) in [5, 5.41) is 3.61. The van der Waals surface area contributed by atoms with Gasteiger partial charge < -0.3 is 10.2 Å². The Labute approximate surface area is 220 Å². The number of carbonyl (C=O) groups is 2. The van der Waals surface area contributed by atoms with Crippen LogP contribution < -0.4 is 9.62 Å². The number of hydrogen-bond acceptors (Lipinski definition) is 4. The van der Waals surface area contributed by atoms with E-state index < -0.39 is 28.5 Å². The summed E-state index contributed by atoms with van der Waals surface area (Å²) in [6.45, 7) is 1.42. The van der Waals surface area contributed by atoms with Crippen molar-refractivity contribution in [3.8, 4) is 0 Å². The molecule has 7 nitrogen and oxygen atoms in total. The largest absolute Gasteiger partial charge is 0.352 e. The molecule has 2 aromatic carbocycles. The molecule has 184 valence electrons. The predicted octanol–water partition coefficient (Wildman–Crippen LogP) is 4.19. The van der Waals surface area contributed by atoms with Crippen LogP contribution in [-0.4, -0.2) is 50.0 Å². The lowest BCUT2D eigenvalue weighted by Gasteiger charge is -2.32. The topological polar surface area (TPSA) is 86.8 Å². The molecule has 10 heteroatoms. The van der Waals surface area contributed by atoms with E-state index in [2.05, 4.69) is 27.9 Å². The first-order chi connectivity index (χ1) is 16.0. The van der Waals surface area contributed by atoms with Crippen LogP contribution in [0, 0.1) is 3.57 Å².